The molecule has 1 saturated heterocycles. The Labute approximate surface area is 171 Å². The van der Waals surface area contributed by atoms with Crippen molar-refractivity contribution >= 4 is 40.0 Å². The Morgan fingerprint density at radius 1 is 1.32 bits per heavy atom. The fourth-order valence-electron chi connectivity index (χ4n) is 4.92. The number of nitrogens with zero attached hydrogens (tertiary/aromatic N) is 2. The molecule has 3 heterocycles. The van der Waals surface area contributed by atoms with E-state index < -0.39 is 0 Å². The second kappa shape index (κ2) is 5.88. The predicted octanol–water partition coefficient (Wildman–Crippen LogP) is 3.90. The first-order valence-corrected chi connectivity index (χ1v) is 10.00. The Morgan fingerprint density at radius 3 is 2.89 bits per heavy atom. The molecule has 1 aromatic carbocycles. The van der Waals surface area contributed by atoms with Gasteiger partial charge in [-0.2, -0.15) is 0 Å². The summed E-state index contributed by atoms with van der Waals surface area (Å²) in [6, 6.07) is 5.70. The maximum absolute atomic E-state index is 13.3. The summed E-state index contributed by atoms with van der Waals surface area (Å²) in [5, 5.41) is 1.58. The molecule has 1 saturated carbocycles. The number of fused-ring (bicyclic) bond motifs is 2. The number of carbonyl (C=O) groups excluding carboxylic acids is 1. The molecule has 0 spiro atoms. The summed E-state index contributed by atoms with van der Waals surface area (Å²) in [5.74, 6) is 0.272. The summed E-state index contributed by atoms with van der Waals surface area (Å²) in [6.45, 7) is 3.19. The molecule has 2 aromatic heterocycles. The van der Waals surface area contributed by atoms with E-state index >= 15 is 0 Å². The zero-order valence-electron chi connectivity index (χ0n) is 15.6. The number of nitrogens with one attached hydrogen (secondary N) is 1. The maximum Gasteiger partial charge on any atom is 0.258 e. The molecule has 3 aromatic rings. The Hall–Kier alpha value is -2.24. The standard InChI is InChI=1S/C21H19Cl2N3O2/c1-11-7-24-19(27)16-13(9-25(2)18(11)16)20(28)26-8-12-6-21(12,10-26)14-4-3-5-15(22)17(14)23/h3-5,7,9,12H,6,8,10H2,1-2H3,(H,24,27). The molecule has 5 rings (SSSR count). The van der Waals surface area contributed by atoms with Crippen LogP contribution in [0.1, 0.15) is 27.9 Å². The maximum atomic E-state index is 13.3. The number of rotatable bonds is 2. The monoisotopic (exact) mass is 415 g/mol. The normalized spacial score (nSPS) is 23.3. The summed E-state index contributed by atoms with van der Waals surface area (Å²) in [6.07, 6.45) is 4.45. The zero-order chi connectivity index (χ0) is 19.8. The molecule has 2 aliphatic rings. The van der Waals surface area contributed by atoms with Crippen LogP contribution in [0.5, 0.6) is 0 Å². The minimum Gasteiger partial charge on any atom is -0.349 e. The fourth-order valence-corrected chi connectivity index (χ4v) is 5.41. The van der Waals surface area contributed by atoms with Crippen LogP contribution in [0.3, 0.4) is 0 Å². The smallest absolute Gasteiger partial charge is 0.258 e. The molecule has 144 valence electrons. The van der Waals surface area contributed by atoms with E-state index in [0.717, 1.165) is 23.1 Å². The van der Waals surface area contributed by atoms with Crippen molar-refractivity contribution in [3.05, 3.63) is 67.7 Å². The van der Waals surface area contributed by atoms with E-state index in [1.54, 1.807) is 18.5 Å². The SMILES string of the molecule is Cc1c[nH]c(=O)c2c(C(=O)N3CC4CC4(c4cccc(Cl)c4Cl)C3)cn(C)c12. The third-order valence-corrected chi connectivity index (χ3v) is 7.17. The van der Waals surface area contributed by atoms with E-state index in [2.05, 4.69) is 4.98 Å². The molecule has 1 aliphatic carbocycles. The molecule has 2 unspecified atom stereocenters. The van der Waals surface area contributed by atoms with Crippen LogP contribution in [-0.2, 0) is 12.5 Å². The summed E-state index contributed by atoms with van der Waals surface area (Å²) >= 11 is 12.7. The second-order valence-corrected chi connectivity index (χ2v) is 8.81. The average molecular weight is 416 g/mol. The van der Waals surface area contributed by atoms with Crippen molar-refractivity contribution in [2.45, 2.75) is 18.8 Å². The number of halogens is 2. The van der Waals surface area contributed by atoms with Gasteiger partial charge in [0.25, 0.3) is 11.5 Å². The van der Waals surface area contributed by atoms with Gasteiger partial charge in [0.15, 0.2) is 0 Å². The van der Waals surface area contributed by atoms with E-state index in [1.165, 1.54) is 0 Å². The van der Waals surface area contributed by atoms with E-state index in [-0.39, 0.29) is 16.9 Å². The first-order chi connectivity index (χ1) is 13.3. The molecule has 1 aliphatic heterocycles. The van der Waals surface area contributed by atoms with Crippen LogP contribution in [0.4, 0.5) is 0 Å². The lowest BCUT2D eigenvalue weighted by atomic mass is 9.95. The number of aromatic nitrogens is 2. The van der Waals surface area contributed by atoms with E-state index in [4.69, 9.17) is 23.2 Å². The zero-order valence-corrected chi connectivity index (χ0v) is 17.1. The van der Waals surface area contributed by atoms with Gasteiger partial charge in [-0.25, -0.2) is 0 Å². The number of piperidine rings is 1. The minimum absolute atomic E-state index is 0.105. The summed E-state index contributed by atoms with van der Waals surface area (Å²) < 4.78 is 1.85. The number of pyridine rings is 1. The number of hydrogen-bond acceptors (Lipinski definition) is 2. The van der Waals surface area contributed by atoms with Crippen LogP contribution in [0.2, 0.25) is 10.0 Å². The van der Waals surface area contributed by atoms with Crippen molar-refractivity contribution in [1.29, 1.82) is 0 Å². The van der Waals surface area contributed by atoms with Crippen LogP contribution in [0.25, 0.3) is 10.9 Å². The quantitative estimate of drug-likeness (QED) is 0.689. The number of hydrogen-bond donors (Lipinski definition) is 1. The molecular formula is C21H19Cl2N3O2. The van der Waals surface area contributed by atoms with Gasteiger partial charge in [0.2, 0.25) is 0 Å². The van der Waals surface area contributed by atoms with Crippen LogP contribution < -0.4 is 5.56 Å². The van der Waals surface area contributed by atoms with Gasteiger partial charge in [-0.15, -0.1) is 0 Å². The number of aryl methyl sites for hydroxylation is 2. The largest absolute Gasteiger partial charge is 0.349 e. The number of likely N-dealkylation sites (tertiary alicyclic amines) is 1. The van der Waals surface area contributed by atoms with Gasteiger partial charge in [-0.05, 0) is 36.5 Å². The Balaban J connectivity index is 1.53. The average Bonchev–Trinajstić information content (AvgIpc) is 3.04. The molecule has 28 heavy (non-hydrogen) atoms. The Bertz CT molecular complexity index is 1210. The number of H-pyrrole nitrogens is 1. The molecule has 5 nitrogen and oxygen atoms in total. The highest BCUT2D eigenvalue weighted by atomic mass is 35.5. The van der Waals surface area contributed by atoms with Crippen molar-refractivity contribution in [3.8, 4) is 0 Å². The van der Waals surface area contributed by atoms with Crippen molar-refractivity contribution < 1.29 is 4.79 Å². The summed E-state index contributed by atoms with van der Waals surface area (Å²) in [4.78, 5) is 30.4. The molecule has 1 amide bonds. The highest BCUT2D eigenvalue weighted by molar-refractivity contribution is 6.42. The third kappa shape index (κ3) is 2.32. The second-order valence-electron chi connectivity index (χ2n) is 8.02. The van der Waals surface area contributed by atoms with Gasteiger partial charge in [0.1, 0.15) is 0 Å². The highest BCUT2D eigenvalue weighted by Gasteiger charge is 2.62. The molecular weight excluding hydrogens is 397 g/mol. The summed E-state index contributed by atoms with van der Waals surface area (Å²) in [7, 11) is 1.86. The van der Waals surface area contributed by atoms with Crippen molar-refractivity contribution in [1.82, 2.24) is 14.5 Å². The van der Waals surface area contributed by atoms with E-state index in [1.807, 2.05) is 35.6 Å². The van der Waals surface area contributed by atoms with Gasteiger partial charge in [-0.1, -0.05) is 35.3 Å². The minimum atomic E-state index is -0.235. The lowest BCUT2D eigenvalue weighted by Gasteiger charge is -2.22. The lowest BCUT2D eigenvalue weighted by Crippen LogP contribution is -2.33. The Kier molecular flexibility index (Phi) is 3.74. The van der Waals surface area contributed by atoms with Gasteiger partial charge < -0.3 is 14.5 Å². The fraction of sp³-hybridized carbons (Fsp3) is 0.333. The van der Waals surface area contributed by atoms with E-state index in [9.17, 15) is 9.59 Å². The first-order valence-electron chi connectivity index (χ1n) is 9.24. The van der Waals surface area contributed by atoms with Crippen LogP contribution in [-0.4, -0.2) is 33.4 Å². The van der Waals surface area contributed by atoms with E-state index in [0.29, 0.717) is 40.0 Å². The summed E-state index contributed by atoms with van der Waals surface area (Å²) in [5.41, 5.74) is 2.85. The molecule has 0 bridgehead atoms. The van der Waals surface area contributed by atoms with Crippen molar-refractivity contribution in [2.24, 2.45) is 13.0 Å². The number of carbonyl (C=O) groups is 1. The van der Waals surface area contributed by atoms with Crippen LogP contribution in [0, 0.1) is 12.8 Å². The van der Waals surface area contributed by atoms with Gasteiger partial charge in [0.05, 0.1) is 26.5 Å². The molecule has 2 atom stereocenters. The predicted molar refractivity (Wildman–Crippen MR) is 110 cm³/mol. The number of benzene rings is 1. The highest BCUT2D eigenvalue weighted by Crippen LogP contribution is 2.61. The topological polar surface area (TPSA) is 58.1 Å². The molecule has 7 heteroatoms. The molecule has 0 radical (unpaired) electrons. The van der Waals surface area contributed by atoms with Gasteiger partial charge >= 0.3 is 0 Å². The van der Waals surface area contributed by atoms with Gasteiger partial charge in [-0.3, -0.25) is 9.59 Å². The van der Waals surface area contributed by atoms with Crippen LogP contribution in [0.15, 0.2) is 35.4 Å². The van der Waals surface area contributed by atoms with Crippen molar-refractivity contribution in [3.63, 3.8) is 0 Å². The lowest BCUT2D eigenvalue weighted by molar-refractivity contribution is 0.0774. The number of aromatic amines is 1. The number of amides is 1. The first kappa shape index (κ1) is 17.8. The van der Waals surface area contributed by atoms with Crippen molar-refractivity contribution in [2.75, 3.05) is 13.1 Å². The Morgan fingerprint density at radius 2 is 2.11 bits per heavy atom. The van der Waals surface area contributed by atoms with Gasteiger partial charge in [0, 0.05) is 37.9 Å². The molecule has 2 fully saturated rings. The third-order valence-electron chi connectivity index (χ3n) is 6.35. The van der Waals surface area contributed by atoms with Crippen LogP contribution >= 0.6 is 23.2 Å². The molecule has 1 N–H and O–H groups in total.